The van der Waals surface area contributed by atoms with Crippen molar-refractivity contribution in [3.05, 3.63) is 40.9 Å². The van der Waals surface area contributed by atoms with E-state index in [4.69, 9.17) is 16.3 Å². The quantitative estimate of drug-likeness (QED) is 0.714. The van der Waals surface area contributed by atoms with Gasteiger partial charge in [-0.3, -0.25) is 9.47 Å². The Kier molecular flexibility index (Phi) is 4.44. The molecule has 0 saturated heterocycles. The molecule has 1 aliphatic rings. The maximum Gasteiger partial charge on any atom is 0.359 e. The van der Waals surface area contributed by atoms with Crippen molar-refractivity contribution in [2.24, 2.45) is 0 Å². The molecule has 1 aliphatic heterocycles. The predicted octanol–water partition coefficient (Wildman–Crippen LogP) is 3.48. The Bertz CT molecular complexity index is 883. The van der Waals surface area contributed by atoms with Gasteiger partial charge in [0.05, 0.1) is 28.6 Å². The minimum atomic E-state index is -0.636. The molecule has 0 N–H and O–H groups in total. The Hall–Kier alpha value is -2.54. The van der Waals surface area contributed by atoms with Gasteiger partial charge in [-0.05, 0) is 32.9 Å². The van der Waals surface area contributed by atoms with Crippen LogP contribution in [0.2, 0.25) is 5.02 Å². The first-order valence-corrected chi connectivity index (χ1v) is 8.55. The Balaban J connectivity index is 2.13. The first-order valence-electron chi connectivity index (χ1n) is 8.17. The van der Waals surface area contributed by atoms with Gasteiger partial charge in [0.2, 0.25) is 0 Å². The van der Waals surface area contributed by atoms with E-state index in [2.05, 4.69) is 4.98 Å². The molecule has 2 heterocycles. The number of imidazole rings is 1. The van der Waals surface area contributed by atoms with Gasteiger partial charge in [0.1, 0.15) is 11.9 Å². The van der Waals surface area contributed by atoms with Gasteiger partial charge in [0.25, 0.3) is 0 Å². The van der Waals surface area contributed by atoms with E-state index >= 15 is 0 Å². The number of benzene rings is 1. The van der Waals surface area contributed by atoms with Crippen LogP contribution in [-0.2, 0) is 11.3 Å². The number of anilines is 1. The van der Waals surface area contributed by atoms with Gasteiger partial charge >= 0.3 is 12.0 Å². The number of carbonyl (C=O) groups is 2. The van der Waals surface area contributed by atoms with Crippen molar-refractivity contribution in [1.82, 2.24) is 14.5 Å². The topological polar surface area (TPSA) is 67.7 Å². The van der Waals surface area contributed by atoms with Crippen LogP contribution in [0.1, 0.15) is 37.0 Å². The standard InChI is InChI=1S/C18H21ClN4O3/c1-18(2,3)26-16(24)14-13-9-22(17(25)21(4)5)15-11(19)7-6-8-12(15)23(13)10-20-14/h6-8,10H,9H2,1-5H3. The summed E-state index contributed by atoms with van der Waals surface area (Å²) in [5, 5.41) is 0.455. The number of urea groups is 1. The molecule has 0 fully saturated rings. The number of halogens is 1. The summed E-state index contributed by atoms with van der Waals surface area (Å²) in [7, 11) is 3.33. The molecule has 8 heteroatoms. The molecule has 7 nitrogen and oxygen atoms in total. The number of carbonyl (C=O) groups excluding carboxylic acids is 2. The summed E-state index contributed by atoms with van der Waals surface area (Å²) in [6, 6.07) is 5.12. The highest BCUT2D eigenvalue weighted by Gasteiger charge is 2.34. The average molecular weight is 377 g/mol. The van der Waals surface area contributed by atoms with Crippen molar-refractivity contribution in [1.29, 1.82) is 0 Å². The zero-order chi connectivity index (χ0) is 19.2. The summed E-state index contributed by atoms with van der Waals surface area (Å²) in [4.78, 5) is 32.5. The van der Waals surface area contributed by atoms with Crippen molar-refractivity contribution >= 4 is 29.3 Å². The fourth-order valence-electron chi connectivity index (χ4n) is 2.83. The van der Waals surface area contributed by atoms with E-state index in [1.807, 2.05) is 6.07 Å². The Morgan fingerprint density at radius 1 is 1.27 bits per heavy atom. The molecule has 2 aromatic rings. The molecule has 2 amide bonds. The van der Waals surface area contributed by atoms with Crippen LogP contribution >= 0.6 is 11.6 Å². The van der Waals surface area contributed by atoms with Gasteiger partial charge in [-0.2, -0.15) is 0 Å². The summed E-state index contributed by atoms with van der Waals surface area (Å²) < 4.78 is 7.23. The minimum absolute atomic E-state index is 0.169. The number of fused-ring (bicyclic) bond motifs is 3. The molecule has 0 atom stereocenters. The number of hydrogen-bond acceptors (Lipinski definition) is 4. The van der Waals surface area contributed by atoms with Gasteiger partial charge in [-0.1, -0.05) is 17.7 Å². The van der Waals surface area contributed by atoms with Crippen LogP contribution in [-0.4, -0.2) is 46.1 Å². The molecule has 0 unspecified atom stereocenters. The van der Waals surface area contributed by atoms with E-state index in [9.17, 15) is 9.59 Å². The molecular weight excluding hydrogens is 356 g/mol. The number of rotatable bonds is 1. The smallest absolute Gasteiger partial charge is 0.359 e. The Morgan fingerprint density at radius 3 is 2.58 bits per heavy atom. The van der Waals surface area contributed by atoms with Gasteiger partial charge < -0.3 is 9.64 Å². The van der Waals surface area contributed by atoms with Gasteiger partial charge in [-0.15, -0.1) is 0 Å². The summed E-state index contributed by atoms with van der Waals surface area (Å²) in [5.74, 6) is -0.519. The van der Waals surface area contributed by atoms with Crippen LogP contribution in [0.5, 0.6) is 0 Å². The second kappa shape index (κ2) is 6.32. The Morgan fingerprint density at radius 2 is 1.96 bits per heavy atom. The van der Waals surface area contributed by atoms with Crippen molar-refractivity contribution in [3.63, 3.8) is 0 Å². The van der Waals surface area contributed by atoms with Gasteiger partial charge in [0, 0.05) is 14.1 Å². The first kappa shape index (κ1) is 18.3. The maximum atomic E-state index is 12.7. The number of hydrogen-bond donors (Lipinski definition) is 0. The molecule has 0 spiro atoms. The lowest BCUT2D eigenvalue weighted by Crippen LogP contribution is -2.42. The second-order valence-electron chi connectivity index (χ2n) is 7.28. The van der Waals surface area contributed by atoms with Gasteiger partial charge in [-0.25, -0.2) is 14.6 Å². The van der Waals surface area contributed by atoms with E-state index in [1.54, 1.807) is 62.8 Å². The molecule has 3 rings (SSSR count). The molecule has 1 aromatic heterocycles. The highest BCUT2D eigenvalue weighted by atomic mass is 35.5. The van der Waals surface area contributed by atoms with Crippen LogP contribution in [0.4, 0.5) is 10.5 Å². The summed E-state index contributed by atoms with van der Waals surface area (Å²) in [6.45, 7) is 5.56. The number of ether oxygens (including phenoxy) is 1. The van der Waals surface area contributed by atoms with Crippen LogP contribution in [0, 0.1) is 0 Å². The monoisotopic (exact) mass is 376 g/mol. The zero-order valence-electron chi connectivity index (χ0n) is 15.4. The van der Waals surface area contributed by atoms with Crippen molar-refractivity contribution in [3.8, 4) is 5.69 Å². The number of amides is 2. The minimum Gasteiger partial charge on any atom is -0.455 e. The van der Waals surface area contributed by atoms with E-state index in [-0.39, 0.29) is 18.3 Å². The molecule has 138 valence electrons. The average Bonchev–Trinajstić information content (AvgIpc) is 2.96. The fraction of sp³-hybridized carbons (Fsp3) is 0.389. The van der Waals surface area contributed by atoms with Crippen molar-refractivity contribution in [2.75, 3.05) is 19.0 Å². The van der Waals surface area contributed by atoms with Crippen LogP contribution < -0.4 is 4.90 Å². The lowest BCUT2D eigenvalue weighted by molar-refractivity contribution is 0.00619. The molecule has 26 heavy (non-hydrogen) atoms. The molecule has 0 saturated carbocycles. The normalized spacial score (nSPS) is 13.1. The van der Waals surface area contributed by atoms with E-state index in [1.165, 1.54) is 4.90 Å². The van der Waals surface area contributed by atoms with Crippen molar-refractivity contribution in [2.45, 2.75) is 32.9 Å². The van der Waals surface area contributed by atoms with E-state index in [0.29, 0.717) is 22.1 Å². The molecule has 0 aliphatic carbocycles. The third-order valence-corrected chi connectivity index (χ3v) is 4.18. The lowest BCUT2D eigenvalue weighted by atomic mass is 10.1. The summed E-state index contributed by atoms with van der Waals surface area (Å²) in [6.07, 6.45) is 1.56. The maximum absolute atomic E-state index is 12.7. The SMILES string of the molecule is CN(C)C(=O)N1Cc2c(C(=O)OC(C)(C)C)ncn2-c2cccc(Cl)c21. The number of nitrogens with zero attached hydrogens (tertiary/aromatic N) is 4. The lowest BCUT2D eigenvalue weighted by Gasteiger charge is -2.33. The Labute approximate surface area is 157 Å². The molecule has 1 aromatic carbocycles. The van der Waals surface area contributed by atoms with Crippen LogP contribution in [0.3, 0.4) is 0 Å². The van der Waals surface area contributed by atoms with Crippen LogP contribution in [0.25, 0.3) is 5.69 Å². The molecule has 0 radical (unpaired) electrons. The number of aromatic nitrogens is 2. The highest BCUT2D eigenvalue weighted by molar-refractivity contribution is 6.34. The summed E-state index contributed by atoms with van der Waals surface area (Å²) >= 11 is 6.37. The summed E-state index contributed by atoms with van der Waals surface area (Å²) in [5.41, 5.74) is 1.43. The number of para-hydroxylation sites is 1. The van der Waals surface area contributed by atoms with E-state index < -0.39 is 11.6 Å². The fourth-order valence-corrected chi connectivity index (χ4v) is 3.10. The largest absolute Gasteiger partial charge is 0.455 e. The van der Waals surface area contributed by atoms with Crippen molar-refractivity contribution < 1.29 is 14.3 Å². The third kappa shape index (κ3) is 3.14. The van der Waals surface area contributed by atoms with Crippen LogP contribution in [0.15, 0.2) is 24.5 Å². The second-order valence-corrected chi connectivity index (χ2v) is 7.69. The van der Waals surface area contributed by atoms with E-state index in [0.717, 1.165) is 0 Å². The predicted molar refractivity (Wildman–Crippen MR) is 99.0 cm³/mol. The zero-order valence-corrected chi connectivity index (χ0v) is 16.2. The molecular formula is C18H21ClN4O3. The van der Waals surface area contributed by atoms with Gasteiger partial charge in [0.15, 0.2) is 5.69 Å². The highest BCUT2D eigenvalue weighted by Crippen LogP contribution is 2.39. The first-order chi connectivity index (χ1) is 12.1. The molecule has 0 bridgehead atoms. The third-order valence-electron chi connectivity index (χ3n) is 3.87. The number of esters is 1.